The van der Waals surface area contributed by atoms with E-state index in [2.05, 4.69) is 49.6 Å². The van der Waals surface area contributed by atoms with Crippen LogP contribution in [-0.2, 0) is 4.79 Å². The SMILES string of the molecule is COc1ccc(Cl)cc1NC(=O)CSc1ccc(N2CCN(c3ccccc3)CC2)nn1. The Hall–Kier alpha value is -2.97. The van der Waals surface area contributed by atoms with Gasteiger partial charge >= 0.3 is 0 Å². The molecule has 9 heteroatoms. The van der Waals surface area contributed by atoms with Gasteiger partial charge in [0.05, 0.1) is 18.6 Å². The molecule has 1 aliphatic rings. The van der Waals surface area contributed by atoms with Crippen LogP contribution in [0, 0.1) is 0 Å². The van der Waals surface area contributed by atoms with Crippen molar-refractivity contribution < 1.29 is 9.53 Å². The largest absolute Gasteiger partial charge is 0.495 e. The van der Waals surface area contributed by atoms with Crippen LogP contribution in [0.4, 0.5) is 17.2 Å². The molecule has 1 amide bonds. The molecule has 0 atom stereocenters. The number of aromatic nitrogens is 2. The standard InChI is InChI=1S/C23H24ClN5O2S/c1-31-20-8-7-17(24)15-19(20)25-22(30)16-32-23-10-9-21(26-27-23)29-13-11-28(12-14-29)18-5-3-2-4-6-18/h2-10,15H,11-14,16H2,1H3,(H,25,30). The van der Waals surface area contributed by atoms with Gasteiger partial charge < -0.3 is 19.9 Å². The Labute approximate surface area is 196 Å². The number of anilines is 3. The number of nitrogens with zero attached hydrogens (tertiary/aromatic N) is 4. The van der Waals surface area contributed by atoms with E-state index in [0.29, 0.717) is 21.5 Å². The Kier molecular flexibility index (Phi) is 7.34. The predicted octanol–water partition coefficient (Wildman–Crippen LogP) is 4.20. The quantitative estimate of drug-likeness (QED) is 0.520. The van der Waals surface area contributed by atoms with Crippen molar-refractivity contribution >= 4 is 46.5 Å². The van der Waals surface area contributed by atoms with Crippen LogP contribution in [-0.4, -0.2) is 55.1 Å². The van der Waals surface area contributed by atoms with Crippen molar-refractivity contribution in [3.8, 4) is 5.75 Å². The van der Waals surface area contributed by atoms with Crippen LogP contribution in [0.1, 0.15) is 0 Å². The van der Waals surface area contributed by atoms with E-state index in [4.69, 9.17) is 16.3 Å². The summed E-state index contributed by atoms with van der Waals surface area (Å²) in [5.41, 5.74) is 1.79. The van der Waals surface area contributed by atoms with Gasteiger partial charge in [0.2, 0.25) is 5.91 Å². The summed E-state index contributed by atoms with van der Waals surface area (Å²) in [5, 5.41) is 12.7. The second-order valence-electron chi connectivity index (χ2n) is 7.22. The molecule has 2 aromatic carbocycles. The molecule has 166 valence electrons. The van der Waals surface area contributed by atoms with Crippen molar-refractivity contribution in [2.75, 3.05) is 54.2 Å². The number of benzene rings is 2. The number of hydrogen-bond acceptors (Lipinski definition) is 7. The number of hydrogen-bond donors (Lipinski definition) is 1. The molecule has 0 aliphatic carbocycles. The molecule has 1 saturated heterocycles. The summed E-state index contributed by atoms with van der Waals surface area (Å²) >= 11 is 7.34. The molecule has 0 radical (unpaired) electrons. The third-order valence-electron chi connectivity index (χ3n) is 5.14. The highest BCUT2D eigenvalue weighted by Gasteiger charge is 2.18. The number of thioether (sulfide) groups is 1. The van der Waals surface area contributed by atoms with E-state index in [1.165, 1.54) is 17.4 Å². The second-order valence-corrected chi connectivity index (χ2v) is 8.65. The van der Waals surface area contributed by atoms with Crippen LogP contribution < -0.4 is 19.9 Å². The van der Waals surface area contributed by atoms with Crippen molar-refractivity contribution in [3.63, 3.8) is 0 Å². The Morgan fingerprint density at radius 1 is 1.03 bits per heavy atom. The van der Waals surface area contributed by atoms with Crippen LogP contribution >= 0.6 is 23.4 Å². The minimum atomic E-state index is -0.168. The number of rotatable bonds is 7. The molecular formula is C23H24ClN5O2S. The third kappa shape index (κ3) is 5.63. The number of carbonyl (C=O) groups is 1. The number of para-hydroxylation sites is 1. The maximum atomic E-state index is 12.3. The zero-order chi connectivity index (χ0) is 22.3. The maximum Gasteiger partial charge on any atom is 0.234 e. The van der Waals surface area contributed by atoms with Gasteiger partial charge in [0, 0.05) is 36.9 Å². The Morgan fingerprint density at radius 3 is 2.47 bits per heavy atom. The summed E-state index contributed by atoms with van der Waals surface area (Å²) in [6.07, 6.45) is 0. The van der Waals surface area contributed by atoms with Gasteiger partial charge in [-0.05, 0) is 42.5 Å². The molecule has 1 aromatic heterocycles. The van der Waals surface area contributed by atoms with Crippen molar-refractivity contribution in [2.24, 2.45) is 0 Å². The topological polar surface area (TPSA) is 70.6 Å². The molecule has 7 nitrogen and oxygen atoms in total. The molecule has 1 N–H and O–H groups in total. The van der Waals surface area contributed by atoms with Crippen LogP contribution in [0.25, 0.3) is 0 Å². The van der Waals surface area contributed by atoms with Gasteiger partial charge in [0.15, 0.2) is 5.82 Å². The van der Waals surface area contributed by atoms with E-state index in [9.17, 15) is 4.79 Å². The molecular weight excluding hydrogens is 446 g/mol. The highest BCUT2D eigenvalue weighted by atomic mass is 35.5. The average molecular weight is 470 g/mol. The molecule has 0 spiro atoms. The lowest BCUT2D eigenvalue weighted by molar-refractivity contribution is -0.113. The smallest absolute Gasteiger partial charge is 0.234 e. The van der Waals surface area contributed by atoms with Crippen molar-refractivity contribution in [2.45, 2.75) is 5.03 Å². The predicted molar refractivity (Wildman–Crippen MR) is 130 cm³/mol. The summed E-state index contributed by atoms with van der Waals surface area (Å²) in [6.45, 7) is 3.66. The molecule has 3 aromatic rings. The lowest BCUT2D eigenvalue weighted by Crippen LogP contribution is -2.46. The first-order valence-corrected chi connectivity index (χ1v) is 11.6. The number of halogens is 1. The Morgan fingerprint density at radius 2 is 1.78 bits per heavy atom. The summed E-state index contributed by atoms with van der Waals surface area (Å²) in [7, 11) is 1.55. The fraction of sp³-hybridized carbons (Fsp3) is 0.261. The molecule has 4 rings (SSSR count). The van der Waals surface area contributed by atoms with Gasteiger partial charge in [-0.15, -0.1) is 10.2 Å². The van der Waals surface area contributed by atoms with E-state index >= 15 is 0 Å². The fourth-order valence-corrected chi connectivity index (χ4v) is 4.28. The molecule has 0 unspecified atom stereocenters. The number of piperazine rings is 1. The van der Waals surface area contributed by atoms with E-state index in [1.807, 2.05) is 18.2 Å². The number of nitrogens with one attached hydrogen (secondary N) is 1. The highest BCUT2D eigenvalue weighted by molar-refractivity contribution is 7.99. The zero-order valence-corrected chi connectivity index (χ0v) is 19.3. The maximum absolute atomic E-state index is 12.3. The van der Waals surface area contributed by atoms with E-state index < -0.39 is 0 Å². The van der Waals surface area contributed by atoms with E-state index in [0.717, 1.165) is 32.0 Å². The first-order valence-electron chi connectivity index (χ1n) is 10.3. The number of methoxy groups -OCH3 is 1. The van der Waals surface area contributed by atoms with Crippen LogP contribution in [0.3, 0.4) is 0 Å². The zero-order valence-electron chi connectivity index (χ0n) is 17.7. The second kappa shape index (κ2) is 10.6. The molecule has 1 fully saturated rings. The fourth-order valence-electron chi connectivity index (χ4n) is 3.49. The first kappa shape index (κ1) is 22.2. The van der Waals surface area contributed by atoms with Gasteiger partial charge in [-0.25, -0.2) is 0 Å². The summed E-state index contributed by atoms with van der Waals surface area (Å²) in [6, 6.07) is 19.4. The van der Waals surface area contributed by atoms with Crippen LogP contribution in [0.2, 0.25) is 5.02 Å². The van der Waals surface area contributed by atoms with E-state index in [-0.39, 0.29) is 11.7 Å². The van der Waals surface area contributed by atoms with Gasteiger partial charge in [-0.3, -0.25) is 4.79 Å². The number of carbonyl (C=O) groups excluding carboxylic acids is 1. The Balaban J connectivity index is 1.27. The summed E-state index contributed by atoms with van der Waals surface area (Å²) < 4.78 is 5.26. The minimum Gasteiger partial charge on any atom is -0.495 e. The first-order chi connectivity index (χ1) is 15.6. The van der Waals surface area contributed by atoms with Gasteiger partial charge in [-0.2, -0.15) is 0 Å². The molecule has 0 bridgehead atoms. The summed E-state index contributed by atoms with van der Waals surface area (Å²) in [5.74, 6) is 1.46. The average Bonchev–Trinajstić information content (AvgIpc) is 2.84. The lowest BCUT2D eigenvalue weighted by atomic mass is 10.2. The van der Waals surface area contributed by atoms with E-state index in [1.54, 1.807) is 25.3 Å². The molecule has 2 heterocycles. The van der Waals surface area contributed by atoms with Crippen molar-refractivity contribution in [3.05, 3.63) is 65.7 Å². The Bertz CT molecular complexity index is 1040. The normalized spacial score (nSPS) is 13.7. The summed E-state index contributed by atoms with van der Waals surface area (Å²) in [4.78, 5) is 16.9. The minimum absolute atomic E-state index is 0.168. The lowest BCUT2D eigenvalue weighted by Gasteiger charge is -2.36. The number of ether oxygens (including phenoxy) is 1. The highest BCUT2D eigenvalue weighted by Crippen LogP contribution is 2.28. The number of amides is 1. The van der Waals surface area contributed by atoms with Crippen LogP contribution in [0.5, 0.6) is 5.75 Å². The van der Waals surface area contributed by atoms with Crippen molar-refractivity contribution in [1.82, 2.24) is 10.2 Å². The monoisotopic (exact) mass is 469 g/mol. The molecule has 1 aliphatic heterocycles. The molecule has 0 saturated carbocycles. The van der Waals surface area contributed by atoms with Gasteiger partial charge in [-0.1, -0.05) is 41.6 Å². The van der Waals surface area contributed by atoms with Gasteiger partial charge in [0.25, 0.3) is 0 Å². The molecule has 32 heavy (non-hydrogen) atoms. The van der Waals surface area contributed by atoms with Crippen LogP contribution in [0.15, 0.2) is 65.7 Å². The third-order valence-corrected chi connectivity index (χ3v) is 6.29. The van der Waals surface area contributed by atoms with Crippen molar-refractivity contribution in [1.29, 1.82) is 0 Å². The van der Waals surface area contributed by atoms with Gasteiger partial charge in [0.1, 0.15) is 10.8 Å².